The van der Waals surface area contributed by atoms with E-state index in [0.717, 1.165) is 28.9 Å². The maximum atomic E-state index is 11.2. The summed E-state index contributed by atoms with van der Waals surface area (Å²) in [7, 11) is -1.57. The number of nitrogens with zero attached hydrogens (tertiary/aromatic N) is 1. The molecule has 0 atom stereocenters. The average molecular weight is 390 g/mol. The van der Waals surface area contributed by atoms with Gasteiger partial charge in [-0.15, -0.1) is 0 Å². The number of guanidine groups is 1. The Bertz CT molecular complexity index is 927. The second-order valence-electron chi connectivity index (χ2n) is 6.04. The number of sulfonamides is 1. The maximum absolute atomic E-state index is 11.2. The van der Waals surface area contributed by atoms with E-state index in [1.165, 1.54) is 0 Å². The Balaban J connectivity index is 1.50. The quantitative estimate of drug-likeness (QED) is 0.512. The number of nitrogens with one attached hydrogen (secondary N) is 3. The van der Waals surface area contributed by atoms with Crippen molar-refractivity contribution in [3.63, 3.8) is 0 Å². The summed E-state index contributed by atoms with van der Waals surface area (Å²) in [5.41, 5.74) is 2.59. The fourth-order valence-electron chi connectivity index (χ4n) is 2.55. The van der Waals surface area contributed by atoms with Gasteiger partial charge in [-0.25, -0.2) is 8.42 Å². The van der Waals surface area contributed by atoms with Crippen LogP contribution in [0.4, 0.5) is 5.69 Å². The number of hydrogen-bond donors (Lipinski definition) is 3. The molecule has 0 fully saturated rings. The summed E-state index contributed by atoms with van der Waals surface area (Å²) < 4.78 is 35.6. The number of hydrogen-bond acceptors (Lipinski definition) is 5. The van der Waals surface area contributed by atoms with E-state index in [2.05, 4.69) is 20.3 Å². The first kappa shape index (κ1) is 18.8. The Morgan fingerprint density at radius 3 is 2.30 bits per heavy atom. The molecule has 0 saturated heterocycles. The number of aliphatic imine (C=N–C) groups is 1. The molecule has 0 unspecified atom stereocenters. The number of rotatable bonds is 6. The molecule has 0 spiro atoms. The molecular weight excluding hydrogens is 368 g/mol. The van der Waals surface area contributed by atoms with E-state index in [4.69, 9.17) is 9.47 Å². The molecule has 2 aromatic rings. The molecule has 0 saturated carbocycles. The lowest BCUT2D eigenvalue weighted by Gasteiger charge is -2.13. The molecule has 1 heterocycles. The van der Waals surface area contributed by atoms with Crippen LogP contribution in [0.1, 0.15) is 11.1 Å². The van der Waals surface area contributed by atoms with E-state index in [1.807, 2.05) is 30.3 Å². The van der Waals surface area contributed by atoms with Crippen LogP contribution < -0.4 is 24.8 Å². The molecule has 0 amide bonds. The van der Waals surface area contributed by atoms with Crippen molar-refractivity contribution in [2.75, 3.05) is 24.8 Å². The highest BCUT2D eigenvalue weighted by Gasteiger charge is 2.13. The van der Waals surface area contributed by atoms with Gasteiger partial charge in [0.15, 0.2) is 17.5 Å². The summed E-state index contributed by atoms with van der Waals surface area (Å²) in [5, 5.41) is 6.46. The topological polar surface area (TPSA) is 101 Å². The van der Waals surface area contributed by atoms with Crippen molar-refractivity contribution < 1.29 is 17.9 Å². The lowest BCUT2D eigenvalue weighted by Crippen LogP contribution is -2.36. The zero-order chi connectivity index (χ0) is 19.3. The Morgan fingerprint density at radius 1 is 1.00 bits per heavy atom. The molecule has 1 aliphatic rings. The van der Waals surface area contributed by atoms with Crippen LogP contribution in [0.25, 0.3) is 0 Å². The van der Waals surface area contributed by atoms with Crippen molar-refractivity contribution in [1.29, 1.82) is 0 Å². The normalized spacial score (nSPS) is 13.3. The monoisotopic (exact) mass is 390 g/mol. The fraction of sp³-hybridized carbons (Fsp3) is 0.278. The van der Waals surface area contributed by atoms with Crippen molar-refractivity contribution in [2.45, 2.75) is 13.1 Å². The van der Waals surface area contributed by atoms with Gasteiger partial charge in [-0.3, -0.25) is 9.71 Å². The molecule has 0 aromatic heterocycles. The Hall–Kier alpha value is -2.94. The van der Waals surface area contributed by atoms with Gasteiger partial charge in [-0.2, -0.15) is 0 Å². The highest BCUT2D eigenvalue weighted by molar-refractivity contribution is 7.92. The van der Waals surface area contributed by atoms with Crippen LogP contribution in [-0.2, 0) is 23.1 Å². The molecule has 3 rings (SSSR count). The number of fused-ring (bicyclic) bond motifs is 1. The standard InChI is InChI=1S/C18H22N4O4S/c1-19-18(21-11-14-5-8-16-17(9-14)26-12-25-16)20-10-13-3-6-15(7-4-13)22-27(2,23)24/h3-9,22H,10-12H2,1-2H3,(H2,19,20,21). The third kappa shape index (κ3) is 5.52. The molecule has 1 aliphatic heterocycles. The molecule has 2 aromatic carbocycles. The van der Waals surface area contributed by atoms with Crippen molar-refractivity contribution in [3.8, 4) is 11.5 Å². The molecule has 3 N–H and O–H groups in total. The minimum absolute atomic E-state index is 0.258. The van der Waals surface area contributed by atoms with Crippen molar-refractivity contribution >= 4 is 21.7 Å². The van der Waals surface area contributed by atoms with Gasteiger partial charge >= 0.3 is 0 Å². The van der Waals surface area contributed by atoms with Gasteiger partial charge in [0.05, 0.1) is 6.26 Å². The third-order valence-corrected chi connectivity index (χ3v) is 4.44. The van der Waals surface area contributed by atoms with E-state index >= 15 is 0 Å². The highest BCUT2D eigenvalue weighted by atomic mass is 32.2. The Morgan fingerprint density at radius 2 is 1.63 bits per heavy atom. The average Bonchev–Trinajstić information content (AvgIpc) is 3.09. The van der Waals surface area contributed by atoms with E-state index < -0.39 is 10.0 Å². The van der Waals surface area contributed by atoms with Crippen LogP contribution in [0, 0.1) is 0 Å². The fourth-order valence-corrected chi connectivity index (χ4v) is 3.11. The molecule has 8 nitrogen and oxygen atoms in total. The van der Waals surface area contributed by atoms with Gasteiger partial charge in [0.25, 0.3) is 0 Å². The summed E-state index contributed by atoms with van der Waals surface area (Å²) in [4.78, 5) is 4.20. The van der Waals surface area contributed by atoms with Crippen LogP contribution in [-0.4, -0.2) is 34.5 Å². The van der Waals surface area contributed by atoms with E-state index in [0.29, 0.717) is 24.7 Å². The van der Waals surface area contributed by atoms with Gasteiger partial charge in [0.2, 0.25) is 16.8 Å². The molecule has 0 radical (unpaired) electrons. The first-order valence-corrected chi connectivity index (χ1v) is 10.2. The number of anilines is 1. The SMILES string of the molecule is CN=C(NCc1ccc(NS(C)(=O)=O)cc1)NCc1ccc2c(c1)OCO2. The summed E-state index contributed by atoms with van der Waals surface area (Å²) >= 11 is 0. The second kappa shape index (κ2) is 8.17. The summed E-state index contributed by atoms with van der Waals surface area (Å²) in [6.45, 7) is 1.40. The third-order valence-electron chi connectivity index (χ3n) is 3.84. The minimum Gasteiger partial charge on any atom is -0.454 e. The van der Waals surface area contributed by atoms with Gasteiger partial charge in [-0.05, 0) is 35.4 Å². The Labute approximate surface area is 158 Å². The second-order valence-corrected chi connectivity index (χ2v) is 7.79. The Kier molecular flexibility index (Phi) is 5.70. The smallest absolute Gasteiger partial charge is 0.231 e. The predicted molar refractivity (Wildman–Crippen MR) is 105 cm³/mol. The van der Waals surface area contributed by atoms with E-state index in [1.54, 1.807) is 19.2 Å². The van der Waals surface area contributed by atoms with Gasteiger partial charge in [0, 0.05) is 25.8 Å². The lowest BCUT2D eigenvalue weighted by atomic mass is 10.2. The highest BCUT2D eigenvalue weighted by Crippen LogP contribution is 2.32. The number of ether oxygens (including phenoxy) is 2. The lowest BCUT2D eigenvalue weighted by molar-refractivity contribution is 0.174. The van der Waals surface area contributed by atoms with Gasteiger partial charge in [-0.1, -0.05) is 18.2 Å². The van der Waals surface area contributed by atoms with Crippen LogP contribution in [0.5, 0.6) is 11.5 Å². The zero-order valence-electron chi connectivity index (χ0n) is 15.2. The molecule has 0 bridgehead atoms. The summed E-state index contributed by atoms with van der Waals surface area (Å²) in [5.74, 6) is 2.17. The molecular formula is C18H22N4O4S. The first-order chi connectivity index (χ1) is 12.9. The van der Waals surface area contributed by atoms with Crippen molar-refractivity contribution in [3.05, 3.63) is 53.6 Å². The first-order valence-electron chi connectivity index (χ1n) is 8.33. The van der Waals surface area contributed by atoms with Gasteiger partial charge in [0.1, 0.15) is 0 Å². The number of benzene rings is 2. The molecule has 0 aliphatic carbocycles. The summed E-state index contributed by atoms with van der Waals surface area (Å²) in [6.07, 6.45) is 1.12. The zero-order valence-corrected chi connectivity index (χ0v) is 16.0. The van der Waals surface area contributed by atoms with Crippen LogP contribution in [0.15, 0.2) is 47.5 Å². The van der Waals surface area contributed by atoms with Gasteiger partial charge < -0.3 is 20.1 Å². The van der Waals surface area contributed by atoms with Crippen molar-refractivity contribution in [1.82, 2.24) is 10.6 Å². The maximum Gasteiger partial charge on any atom is 0.231 e. The largest absolute Gasteiger partial charge is 0.454 e. The van der Waals surface area contributed by atoms with Crippen LogP contribution in [0.3, 0.4) is 0 Å². The van der Waals surface area contributed by atoms with E-state index in [9.17, 15) is 8.42 Å². The molecule has 9 heteroatoms. The van der Waals surface area contributed by atoms with Crippen LogP contribution in [0.2, 0.25) is 0 Å². The molecule has 27 heavy (non-hydrogen) atoms. The van der Waals surface area contributed by atoms with E-state index in [-0.39, 0.29) is 6.79 Å². The molecule has 144 valence electrons. The minimum atomic E-state index is -3.27. The predicted octanol–water partition coefficient (Wildman–Crippen LogP) is 1.65. The summed E-state index contributed by atoms with van der Waals surface area (Å²) in [6, 6.07) is 13.0. The van der Waals surface area contributed by atoms with Crippen LogP contribution >= 0.6 is 0 Å². The van der Waals surface area contributed by atoms with Crippen molar-refractivity contribution in [2.24, 2.45) is 4.99 Å².